The fourth-order valence-corrected chi connectivity index (χ4v) is 3.98. The van der Waals surface area contributed by atoms with E-state index in [2.05, 4.69) is 20.9 Å². The highest BCUT2D eigenvalue weighted by Crippen LogP contribution is 2.41. The summed E-state index contributed by atoms with van der Waals surface area (Å²) in [6, 6.07) is 17.2. The van der Waals surface area contributed by atoms with Crippen LogP contribution in [0.2, 0.25) is 0 Å². The van der Waals surface area contributed by atoms with E-state index in [4.69, 9.17) is 4.74 Å². The van der Waals surface area contributed by atoms with Crippen LogP contribution in [0, 0.1) is 0 Å². The number of aromatic nitrogens is 1. The van der Waals surface area contributed by atoms with Crippen molar-refractivity contribution >= 4 is 45.0 Å². The molecule has 0 aliphatic carbocycles. The number of aliphatic hydroxyl groups excluding tert-OH is 1. The van der Waals surface area contributed by atoms with Gasteiger partial charge in [0.05, 0.1) is 22.9 Å². The zero-order valence-corrected chi connectivity index (χ0v) is 20.0. The Morgan fingerprint density at radius 2 is 1.65 bits per heavy atom. The first-order valence-corrected chi connectivity index (χ1v) is 11.4. The maximum Gasteiger partial charge on any atom is 0.338 e. The van der Waals surface area contributed by atoms with Crippen LogP contribution < -0.4 is 4.90 Å². The van der Waals surface area contributed by atoms with Crippen LogP contribution in [0.4, 0.5) is 5.69 Å². The largest absolute Gasteiger partial charge is 0.507 e. The number of amides is 1. The molecule has 7 nitrogen and oxygen atoms in total. The summed E-state index contributed by atoms with van der Waals surface area (Å²) in [5.41, 5.74) is 1.46. The first kappa shape index (κ1) is 23.4. The van der Waals surface area contributed by atoms with Crippen molar-refractivity contribution in [1.29, 1.82) is 0 Å². The maximum absolute atomic E-state index is 13.2. The molecule has 8 heteroatoms. The van der Waals surface area contributed by atoms with Gasteiger partial charge in [0.25, 0.3) is 11.7 Å². The summed E-state index contributed by atoms with van der Waals surface area (Å²) < 4.78 is 6.02. The third-order valence-electron chi connectivity index (χ3n) is 5.25. The monoisotopic (exact) mass is 520 g/mol. The third kappa shape index (κ3) is 4.49. The van der Waals surface area contributed by atoms with Gasteiger partial charge in [0.2, 0.25) is 0 Å². The fraction of sp³-hybridized carbons (Fsp3) is 0.154. The summed E-state index contributed by atoms with van der Waals surface area (Å²) in [4.78, 5) is 44.1. The maximum atomic E-state index is 13.2. The second kappa shape index (κ2) is 9.61. The van der Waals surface area contributed by atoms with Gasteiger partial charge in [0, 0.05) is 21.9 Å². The second-order valence-corrected chi connectivity index (χ2v) is 8.85. The average Bonchev–Trinajstić information content (AvgIpc) is 3.10. The molecule has 0 bridgehead atoms. The average molecular weight is 521 g/mol. The number of aliphatic hydroxyl groups is 1. The summed E-state index contributed by atoms with van der Waals surface area (Å²) in [7, 11) is 0. The van der Waals surface area contributed by atoms with Gasteiger partial charge in [-0.1, -0.05) is 34.1 Å². The lowest BCUT2D eigenvalue weighted by Crippen LogP contribution is -2.29. The molecule has 0 radical (unpaired) electrons. The van der Waals surface area contributed by atoms with Gasteiger partial charge in [0.1, 0.15) is 11.8 Å². The van der Waals surface area contributed by atoms with E-state index >= 15 is 0 Å². The number of hydrogen-bond acceptors (Lipinski definition) is 6. The molecule has 2 heterocycles. The smallest absolute Gasteiger partial charge is 0.338 e. The number of hydrogen-bond donors (Lipinski definition) is 1. The number of anilines is 1. The summed E-state index contributed by atoms with van der Waals surface area (Å²) in [6.07, 6.45) is 1.29. The summed E-state index contributed by atoms with van der Waals surface area (Å²) in [5, 5.41) is 11.1. The first-order chi connectivity index (χ1) is 16.3. The van der Waals surface area contributed by atoms with E-state index in [-0.39, 0.29) is 17.4 Å². The van der Waals surface area contributed by atoms with Gasteiger partial charge in [-0.2, -0.15) is 0 Å². The number of Topliss-reactive ketones (excluding diaryl/α,β-unsaturated/α-hetero) is 1. The highest BCUT2D eigenvalue weighted by Gasteiger charge is 2.47. The Morgan fingerprint density at radius 1 is 1.00 bits per heavy atom. The van der Waals surface area contributed by atoms with Crippen LogP contribution >= 0.6 is 15.9 Å². The van der Waals surface area contributed by atoms with E-state index in [0.29, 0.717) is 22.5 Å². The van der Waals surface area contributed by atoms with E-state index in [1.807, 2.05) is 0 Å². The molecule has 34 heavy (non-hydrogen) atoms. The molecule has 2 aromatic carbocycles. The Hall–Kier alpha value is -3.78. The van der Waals surface area contributed by atoms with Gasteiger partial charge in [-0.15, -0.1) is 0 Å². The van der Waals surface area contributed by atoms with Crippen LogP contribution in [0.1, 0.15) is 41.5 Å². The molecular weight excluding hydrogens is 500 g/mol. The van der Waals surface area contributed by atoms with Crippen molar-refractivity contribution < 1.29 is 24.2 Å². The minimum Gasteiger partial charge on any atom is -0.507 e. The van der Waals surface area contributed by atoms with Crippen LogP contribution in [-0.2, 0) is 14.3 Å². The lowest BCUT2D eigenvalue weighted by Gasteiger charge is -2.24. The Balaban J connectivity index is 1.82. The van der Waals surface area contributed by atoms with Gasteiger partial charge in [-0.05, 0) is 62.4 Å². The van der Waals surface area contributed by atoms with Crippen LogP contribution in [0.3, 0.4) is 0 Å². The molecule has 1 aromatic heterocycles. The number of benzene rings is 2. The van der Waals surface area contributed by atoms with Crippen molar-refractivity contribution in [2.45, 2.75) is 26.0 Å². The molecular formula is C26H21BrN2O5. The van der Waals surface area contributed by atoms with Gasteiger partial charge < -0.3 is 9.84 Å². The highest BCUT2D eigenvalue weighted by molar-refractivity contribution is 9.10. The van der Waals surface area contributed by atoms with E-state index in [1.165, 1.54) is 17.0 Å². The molecule has 1 aliphatic heterocycles. The Kier molecular flexibility index (Phi) is 6.61. The molecule has 1 atom stereocenters. The Morgan fingerprint density at radius 3 is 2.24 bits per heavy atom. The number of pyridine rings is 1. The SMILES string of the molecule is CC(C)OC(=O)c1ccc(N2C(=O)C(=O)/C(=C(/O)c3ccc(Br)cc3)C2c2ccccn2)cc1. The van der Waals surface area contributed by atoms with Gasteiger partial charge >= 0.3 is 5.97 Å². The third-order valence-corrected chi connectivity index (χ3v) is 5.78. The van der Waals surface area contributed by atoms with Crippen molar-refractivity contribution in [3.63, 3.8) is 0 Å². The van der Waals surface area contributed by atoms with Crippen molar-refractivity contribution in [3.05, 3.63) is 99.8 Å². The van der Waals surface area contributed by atoms with Crippen LogP contribution in [0.15, 0.2) is 83.0 Å². The second-order valence-electron chi connectivity index (χ2n) is 7.93. The molecule has 172 valence electrons. The Labute approximate surface area is 204 Å². The van der Waals surface area contributed by atoms with E-state index < -0.39 is 23.7 Å². The van der Waals surface area contributed by atoms with Crippen molar-refractivity contribution in [3.8, 4) is 0 Å². The van der Waals surface area contributed by atoms with E-state index in [0.717, 1.165) is 4.47 Å². The molecule has 1 amide bonds. The number of esters is 1. The molecule has 1 unspecified atom stereocenters. The summed E-state index contributed by atoms with van der Waals surface area (Å²) in [5.74, 6) is -2.40. The predicted molar refractivity (Wildman–Crippen MR) is 130 cm³/mol. The summed E-state index contributed by atoms with van der Waals surface area (Å²) >= 11 is 3.35. The van der Waals surface area contributed by atoms with Crippen LogP contribution in [-0.4, -0.2) is 33.9 Å². The molecule has 1 N–H and O–H groups in total. The number of ketones is 1. The topological polar surface area (TPSA) is 96.8 Å². The minimum atomic E-state index is -0.946. The molecule has 1 aliphatic rings. The lowest BCUT2D eigenvalue weighted by atomic mass is 9.98. The van der Waals surface area contributed by atoms with E-state index in [1.54, 1.807) is 74.6 Å². The number of rotatable bonds is 5. The highest BCUT2D eigenvalue weighted by atomic mass is 79.9. The Bertz CT molecular complexity index is 1270. The minimum absolute atomic E-state index is 0.0608. The van der Waals surface area contributed by atoms with E-state index in [9.17, 15) is 19.5 Å². The van der Waals surface area contributed by atoms with Gasteiger partial charge in [0.15, 0.2) is 0 Å². The molecule has 4 rings (SSSR count). The molecule has 1 fully saturated rings. The number of carbonyl (C=O) groups is 3. The predicted octanol–water partition coefficient (Wildman–Crippen LogP) is 5.04. The fourth-order valence-electron chi connectivity index (χ4n) is 3.72. The summed E-state index contributed by atoms with van der Waals surface area (Å²) in [6.45, 7) is 3.51. The zero-order valence-electron chi connectivity index (χ0n) is 18.4. The normalized spacial score (nSPS) is 17.3. The quantitative estimate of drug-likeness (QED) is 0.219. The number of nitrogens with zero attached hydrogens (tertiary/aromatic N) is 2. The lowest BCUT2D eigenvalue weighted by molar-refractivity contribution is -0.132. The standard InChI is InChI=1S/C26H21BrN2O5/c1-15(2)34-26(33)17-8-12-19(13-9-17)29-22(20-5-3-4-14-28-20)21(24(31)25(29)32)23(30)16-6-10-18(27)11-7-16/h3-15,22,30H,1-2H3/b23-21+. The molecule has 0 spiro atoms. The number of halogens is 1. The van der Waals surface area contributed by atoms with Crippen molar-refractivity contribution in [2.24, 2.45) is 0 Å². The zero-order chi connectivity index (χ0) is 24.4. The van der Waals surface area contributed by atoms with Crippen molar-refractivity contribution in [2.75, 3.05) is 4.90 Å². The first-order valence-electron chi connectivity index (χ1n) is 10.6. The number of carbonyl (C=O) groups excluding carboxylic acids is 3. The molecule has 3 aromatic rings. The van der Waals surface area contributed by atoms with Gasteiger partial charge in [-0.3, -0.25) is 19.5 Å². The number of ether oxygens (including phenoxy) is 1. The van der Waals surface area contributed by atoms with Gasteiger partial charge in [-0.25, -0.2) is 4.79 Å². The molecule has 0 saturated carbocycles. The van der Waals surface area contributed by atoms with Crippen molar-refractivity contribution in [1.82, 2.24) is 4.98 Å². The molecule has 1 saturated heterocycles. The van der Waals surface area contributed by atoms with Crippen LogP contribution in [0.5, 0.6) is 0 Å². The van der Waals surface area contributed by atoms with Crippen LogP contribution in [0.25, 0.3) is 5.76 Å².